The normalized spacial score (nSPS) is 12.7. The summed E-state index contributed by atoms with van der Waals surface area (Å²) in [6, 6.07) is 9.80. The van der Waals surface area contributed by atoms with Crippen molar-refractivity contribution < 1.29 is 5.11 Å². The summed E-state index contributed by atoms with van der Waals surface area (Å²) in [6.45, 7) is 3.93. The zero-order valence-electron chi connectivity index (χ0n) is 9.59. The van der Waals surface area contributed by atoms with Crippen LogP contribution in [0.1, 0.15) is 30.7 Å². The number of aliphatic hydroxyl groups excluding tert-OH is 1. The summed E-state index contributed by atoms with van der Waals surface area (Å²) in [5.41, 5.74) is 2.97. The minimum atomic E-state index is -0.367. The minimum absolute atomic E-state index is 0.367. The van der Waals surface area contributed by atoms with E-state index in [4.69, 9.17) is 0 Å². The van der Waals surface area contributed by atoms with E-state index < -0.39 is 0 Å². The average molecular weight is 216 g/mol. The Morgan fingerprint density at radius 3 is 2.44 bits per heavy atom. The van der Waals surface area contributed by atoms with Crippen LogP contribution in [0.25, 0.3) is 5.69 Å². The predicted molar refractivity (Wildman–Crippen MR) is 63.6 cm³/mol. The zero-order valence-corrected chi connectivity index (χ0v) is 9.59. The number of aryl methyl sites for hydroxylation is 1. The Morgan fingerprint density at radius 1 is 1.25 bits per heavy atom. The molecule has 0 unspecified atom stereocenters. The van der Waals surface area contributed by atoms with Crippen molar-refractivity contribution in [1.29, 1.82) is 0 Å². The van der Waals surface area contributed by atoms with Gasteiger partial charge in [0.05, 0.1) is 17.5 Å². The van der Waals surface area contributed by atoms with Crippen molar-refractivity contribution >= 4 is 0 Å². The van der Waals surface area contributed by atoms with E-state index in [1.807, 2.05) is 55.1 Å². The lowest BCUT2D eigenvalue weighted by Crippen LogP contribution is -1.98. The van der Waals surface area contributed by atoms with Crippen molar-refractivity contribution in [3.8, 4) is 5.69 Å². The molecule has 16 heavy (non-hydrogen) atoms. The van der Waals surface area contributed by atoms with Crippen molar-refractivity contribution in [2.75, 3.05) is 0 Å². The summed E-state index contributed by atoms with van der Waals surface area (Å²) in [4.78, 5) is 0. The third-order valence-corrected chi connectivity index (χ3v) is 2.65. The van der Waals surface area contributed by atoms with Crippen LogP contribution >= 0.6 is 0 Å². The van der Waals surface area contributed by atoms with Gasteiger partial charge < -0.3 is 5.11 Å². The van der Waals surface area contributed by atoms with Crippen LogP contribution in [-0.2, 0) is 0 Å². The molecule has 3 heteroatoms. The maximum absolute atomic E-state index is 9.67. The predicted octanol–water partition coefficient (Wildman–Crippen LogP) is 2.62. The molecule has 0 bridgehead atoms. The highest BCUT2D eigenvalue weighted by molar-refractivity contribution is 5.34. The lowest BCUT2D eigenvalue weighted by atomic mass is 10.1. The number of aliphatic hydroxyl groups is 1. The first-order valence-corrected chi connectivity index (χ1v) is 5.51. The van der Waals surface area contributed by atoms with Crippen LogP contribution in [0.4, 0.5) is 0 Å². The Labute approximate surface area is 95.3 Å². The second-order valence-corrected chi connectivity index (χ2v) is 3.92. The summed E-state index contributed by atoms with van der Waals surface area (Å²) in [5.74, 6) is 0. The van der Waals surface area contributed by atoms with E-state index in [0.29, 0.717) is 0 Å². The van der Waals surface area contributed by atoms with Gasteiger partial charge in [-0.3, -0.25) is 0 Å². The van der Waals surface area contributed by atoms with Gasteiger partial charge in [-0.15, -0.1) is 0 Å². The van der Waals surface area contributed by atoms with Gasteiger partial charge in [-0.2, -0.15) is 5.10 Å². The SMILES string of the molecule is CC[C@H](O)c1ccc(-n2ccc(C)n2)cc1. The number of benzene rings is 1. The highest BCUT2D eigenvalue weighted by Gasteiger charge is 2.04. The fraction of sp³-hybridized carbons (Fsp3) is 0.308. The smallest absolute Gasteiger partial charge is 0.0787 e. The van der Waals surface area contributed by atoms with Crippen molar-refractivity contribution in [1.82, 2.24) is 9.78 Å². The standard InChI is InChI=1S/C13H16N2O/c1-3-13(16)11-4-6-12(7-5-11)15-9-8-10(2)14-15/h4-9,13,16H,3H2,1-2H3/t13-/m0/s1. The first-order chi connectivity index (χ1) is 7.70. The van der Waals surface area contributed by atoms with Gasteiger partial charge in [0.1, 0.15) is 0 Å². The topological polar surface area (TPSA) is 38.0 Å². The highest BCUT2D eigenvalue weighted by Crippen LogP contribution is 2.17. The van der Waals surface area contributed by atoms with Crippen LogP contribution in [-0.4, -0.2) is 14.9 Å². The molecule has 0 spiro atoms. The van der Waals surface area contributed by atoms with Gasteiger partial charge in [-0.1, -0.05) is 19.1 Å². The highest BCUT2D eigenvalue weighted by atomic mass is 16.3. The first-order valence-electron chi connectivity index (χ1n) is 5.51. The van der Waals surface area contributed by atoms with Crippen LogP contribution < -0.4 is 0 Å². The Hall–Kier alpha value is -1.61. The van der Waals surface area contributed by atoms with Gasteiger partial charge in [0.15, 0.2) is 0 Å². The molecule has 1 aromatic heterocycles. The third-order valence-electron chi connectivity index (χ3n) is 2.65. The van der Waals surface area contributed by atoms with Crippen LogP contribution in [0.3, 0.4) is 0 Å². The molecule has 0 saturated carbocycles. The van der Waals surface area contributed by atoms with Crippen LogP contribution in [0, 0.1) is 6.92 Å². The van der Waals surface area contributed by atoms with Crippen molar-refractivity contribution in [3.63, 3.8) is 0 Å². The van der Waals surface area contributed by atoms with E-state index in [1.54, 1.807) is 0 Å². The molecule has 2 aromatic rings. The van der Waals surface area contributed by atoms with Gasteiger partial charge >= 0.3 is 0 Å². The maximum atomic E-state index is 9.67. The average Bonchev–Trinajstić information content (AvgIpc) is 2.75. The summed E-state index contributed by atoms with van der Waals surface area (Å²) in [7, 11) is 0. The number of hydrogen-bond donors (Lipinski definition) is 1. The Kier molecular flexibility index (Phi) is 3.06. The summed E-state index contributed by atoms with van der Waals surface area (Å²) < 4.78 is 1.83. The molecule has 1 N–H and O–H groups in total. The molecule has 0 fully saturated rings. The maximum Gasteiger partial charge on any atom is 0.0787 e. The van der Waals surface area contributed by atoms with Gasteiger partial charge in [-0.05, 0) is 37.1 Å². The fourth-order valence-corrected chi connectivity index (χ4v) is 1.64. The van der Waals surface area contributed by atoms with E-state index in [0.717, 1.165) is 23.4 Å². The third kappa shape index (κ3) is 2.14. The quantitative estimate of drug-likeness (QED) is 0.856. The first kappa shape index (κ1) is 10.9. The van der Waals surface area contributed by atoms with Crippen molar-refractivity contribution in [2.24, 2.45) is 0 Å². The second kappa shape index (κ2) is 4.49. The lowest BCUT2D eigenvalue weighted by molar-refractivity contribution is 0.173. The number of hydrogen-bond acceptors (Lipinski definition) is 2. The minimum Gasteiger partial charge on any atom is -0.388 e. The summed E-state index contributed by atoms with van der Waals surface area (Å²) >= 11 is 0. The van der Waals surface area contributed by atoms with Gasteiger partial charge in [0.2, 0.25) is 0 Å². The molecule has 0 radical (unpaired) electrons. The number of nitrogens with zero attached hydrogens (tertiary/aromatic N) is 2. The Morgan fingerprint density at radius 2 is 1.94 bits per heavy atom. The molecular formula is C13H16N2O. The molecule has 0 aliphatic carbocycles. The Bertz CT molecular complexity index is 459. The van der Waals surface area contributed by atoms with Crippen molar-refractivity contribution in [2.45, 2.75) is 26.4 Å². The van der Waals surface area contributed by atoms with Crippen LogP contribution in [0.15, 0.2) is 36.5 Å². The lowest BCUT2D eigenvalue weighted by Gasteiger charge is -2.08. The van der Waals surface area contributed by atoms with E-state index in [-0.39, 0.29) is 6.10 Å². The van der Waals surface area contributed by atoms with Gasteiger partial charge in [0, 0.05) is 6.20 Å². The van der Waals surface area contributed by atoms with E-state index in [9.17, 15) is 5.11 Å². The monoisotopic (exact) mass is 216 g/mol. The van der Waals surface area contributed by atoms with Gasteiger partial charge in [0.25, 0.3) is 0 Å². The number of rotatable bonds is 3. The molecule has 1 atom stereocenters. The van der Waals surface area contributed by atoms with Crippen LogP contribution in [0.2, 0.25) is 0 Å². The molecular weight excluding hydrogens is 200 g/mol. The largest absolute Gasteiger partial charge is 0.388 e. The molecule has 1 aromatic carbocycles. The molecule has 1 heterocycles. The summed E-state index contributed by atoms with van der Waals surface area (Å²) in [5, 5.41) is 14.0. The van der Waals surface area contributed by atoms with E-state index in [2.05, 4.69) is 5.10 Å². The molecule has 0 aliphatic rings. The molecule has 2 rings (SSSR count). The zero-order chi connectivity index (χ0) is 11.5. The van der Waals surface area contributed by atoms with E-state index in [1.165, 1.54) is 0 Å². The molecule has 3 nitrogen and oxygen atoms in total. The fourth-order valence-electron chi connectivity index (χ4n) is 1.64. The molecule has 0 aliphatic heterocycles. The van der Waals surface area contributed by atoms with Crippen LogP contribution in [0.5, 0.6) is 0 Å². The molecule has 0 saturated heterocycles. The van der Waals surface area contributed by atoms with Gasteiger partial charge in [-0.25, -0.2) is 4.68 Å². The Balaban J connectivity index is 2.25. The molecule has 0 amide bonds. The van der Waals surface area contributed by atoms with Crippen molar-refractivity contribution in [3.05, 3.63) is 47.8 Å². The second-order valence-electron chi connectivity index (χ2n) is 3.92. The summed E-state index contributed by atoms with van der Waals surface area (Å²) in [6.07, 6.45) is 2.30. The molecule has 84 valence electrons. The van der Waals surface area contributed by atoms with E-state index >= 15 is 0 Å². The number of aromatic nitrogens is 2.